The van der Waals surface area contributed by atoms with Crippen LogP contribution in [0.2, 0.25) is 0 Å². The molecular formula is C47H53NO13. The topological polar surface area (TPSA) is 204 Å². The maximum absolute atomic E-state index is 15.5. The molecule has 2 saturated carbocycles. The number of aliphatic hydroxyl groups excluding tert-OH is 2. The Balaban J connectivity index is 1.37. The van der Waals surface area contributed by atoms with Crippen molar-refractivity contribution in [2.45, 2.75) is 115 Å². The zero-order chi connectivity index (χ0) is 44.1. The highest BCUT2D eigenvalue weighted by molar-refractivity contribution is 5.96. The standard InChI is InChI=1S/C47H53NO13/c1-26-32(60-43(55)37(52)36(30-18-12-8-13-19-30)48-42(54)31-20-14-9-15-21-31)23-47(56)41(57-24-29-16-10-7-11-17-29)39-45(6,33(51)22-34-46(39,25-58-34)61-28(3)50)40(53)38(59-27(2)49)35(26)44(47,4)5/h7-21,32-34,36-39,41,51-52,56H,22-25H2,1-6H3,(H,48,54)/t32-,33?,34?,36-,37+,38?,39-,41-,45?,46-,47?/m0/s1. The fourth-order valence-electron chi connectivity index (χ4n) is 10.3. The van der Waals surface area contributed by atoms with E-state index >= 15 is 4.79 Å². The number of rotatable bonds is 11. The highest BCUT2D eigenvalue weighted by Gasteiger charge is 2.77. The van der Waals surface area contributed by atoms with E-state index in [9.17, 15) is 34.5 Å². The van der Waals surface area contributed by atoms with Gasteiger partial charge in [0.15, 0.2) is 23.6 Å². The van der Waals surface area contributed by atoms with Crippen LogP contribution in [0.4, 0.5) is 0 Å². The van der Waals surface area contributed by atoms with Gasteiger partial charge in [0.05, 0.1) is 36.9 Å². The van der Waals surface area contributed by atoms with Gasteiger partial charge in [0.2, 0.25) is 0 Å². The molecule has 1 saturated heterocycles. The summed E-state index contributed by atoms with van der Waals surface area (Å²) < 4.78 is 30.9. The number of Topliss-reactive ketones (excluding diaryl/α,β-unsaturated/α-hetero) is 1. The molecule has 0 spiro atoms. The highest BCUT2D eigenvalue weighted by atomic mass is 16.6. The zero-order valence-electron chi connectivity index (χ0n) is 35.0. The van der Waals surface area contributed by atoms with Gasteiger partial charge in [-0.1, -0.05) is 92.7 Å². The van der Waals surface area contributed by atoms with E-state index in [1.807, 2.05) is 30.3 Å². The maximum Gasteiger partial charge on any atom is 0.338 e. The third kappa shape index (κ3) is 7.48. The van der Waals surface area contributed by atoms with Crippen LogP contribution in [0.5, 0.6) is 0 Å². The first kappa shape index (κ1) is 43.8. The summed E-state index contributed by atoms with van der Waals surface area (Å²) in [6.07, 6.45) is -9.38. The van der Waals surface area contributed by atoms with Gasteiger partial charge in [-0.2, -0.15) is 0 Å². The maximum atomic E-state index is 15.5. The minimum Gasteiger partial charge on any atom is -0.456 e. The molecule has 0 aromatic heterocycles. The van der Waals surface area contributed by atoms with E-state index in [0.717, 1.165) is 6.92 Å². The van der Waals surface area contributed by atoms with Gasteiger partial charge in [0, 0.05) is 43.6 Å². The molecule has 1 amide bonds. The number of ketones is 1. The van der Waals surface area contributed by atoms with Crippen molar-refractivity contribution in [1.29, 1.82) is 0 Å². The average molecular weight is 840 g/mol. The van der Waals surface area contributed by atoms with Crippen molar-refractivity contribution >= 4 is 29.6 Å². The molecule has 3 aromatic rings. The van der Waals surface area contributed by atoms with Crippen molar-refractivity contribution in [2.75, 3.05) is 6.61 Å². The molecule has 324 valence electrons. The molecule has 3 fully saturated rings. The van der Waals surface area contributed by atoms with Crippen molar-refractivity contribution in [3.05, 3.63) is 119 Å². The van der Waals surface area contributed by atoms with Crippen LogP contribution in [0.1, 0.15) is 81.9 Å². The summed E-state index contributed by atoms with van der Waals surface area (Å²) >= 11 is 0. The normalized spacial score (nSPS) is 32.3. The van der Waals surface area contributed by atoms with Gasteiger partial charge in [0.1, 0.15) is 17.8 Å². The highest BCUT2D eigenvalue weighted by Crippen LogP contribution is 2.64. The number of fused-ring (bicyclic) bond motifs is 5. The van der Waals surface area contributed by atoms with Crippen molar-refractivity contribution < 1.29 is 63.0 Å². The van der Waals surface area contributed by atoms with Gasteiger partial charge >= 0.3 is 17.9 Å². The summed E-state index contributed by atoms with van der Waals surface area (Å²) in [6, 6.07) is 24.5. The van der Waals surface area contributed by atoms with Crippen molar-refractivity contribution in [3.63, 3.8) is 0 Å². The fraction of sp³-hybridized carbons (Fsp3) is 0.468. The molecule has 14 nitrogen and oxygen atoms in total. The third-order valence-corrected chi connectivity index (χ3v) is 13.5. The van der Waals surface area contributed by atoms with Crippen LogP contribution >= 0.6 is 0 Å². The predicted molar refractivity (Wildman–Crippen MR) is 217 cm³/mol. The van der Waals surface area contributed by atoms with Crippen LogP contribution in [0.3, 0.4) is 0 Å². The van der Waals surface area contributed by atoms with Crippen molar-refractivity contribution in [1.82, 2.24) is 5.32 Å². The van der Waals surface area contributed by atoms with E-state index in [1.54, 1.807) is 81.4 Å². The SMILES string of the molecule is CC(=O)OC1C(=O)C2(C)C(O)CC3OC[C@@]3(OC(C)=O)[C@H]2[C@H](OCc2ccccc2)C2(O)C[C@H](OC(=O)[C@H](O)[C@@H](NC(=O)c3ccccc3)c3ccccc3)C(C)=C1C2(C)C. The zero-order valence-corrected chi connectivity index (χ0v) is 35.0. The third-order valence-electron chi connectivity index (χ3n) is 13.5. The molecule has 7 rings (SSSR count). The first-order valence-electron chi connectivity index (χ1n) is 20.5. The number of benzene rings is 3. The summed E-state index contributed by atoms with van der Waals surface area (Å²) in [7, 11) is 0. The molecule has 61 heavy (non-hydrogen) atoms. The summed E-state index contributed by atoms with van der Waals surface area (Å²) in [5.41, 5.74) is -5.38. The molecule has 1 heterocycles. The number of nitrogens with one attached hydrogen (secondary N) is 1. The van der Waals surface area contributed by atoms with E-state index in [1.165, 1.54) is 13.8 Å². The lowest BCUT2D eigenvalue weighted by Crippen LogP contribution is -2.81. The van der Waals surface area contributed by atoms with E-state index in [4.69, 9.17) is 23.7 Å². The summed E-state index contributed by atoms with van der Waals surface area (Å²) in [4.78, 5) is 69.2. The number of carbonyl (C=O) groups is 5. The van der Waals surface area contributed by atoms with Crippen LogP contribution in [0.15, 0.2) is 102 Å². The lowest BCUT2D eigenvalue weighted by Gasteiger charge is -2.67. The Labute approximate surface area is 354 Å². The molecule has 11 atom stereocenters. The van der Waals surface area contributed by atoms with Gasteiger partial charge in [-0.05, 0) is 48.3 Å². The summed E-state index contributed by atoms with van der Waals surface area (Å²) in [5, 5.41) is 40.3. The Hall–Kier alpha value is -5.25. The summed E-state index contributed by atoms with van der Waals surface area (Å²) in [6.45, 7) is 8.48. The molecule has 2 bridgehead atoms. The Morgan fingerprint density at radius 2 is 1.49 bits per heavy atom. The number of aliphatic hydroxyl groups is 3. The molecule has 4 aliphatic rings. The second-order valence-electron chi connectivity index (χ2n) is 17.4. The number of hydrogen-bond donors (Lipinski definition) is 4. The molecule has 1 aliphatic heterocycles. The van der Waals surface area contributed by atoms with E-state index in [-0.39, 0.29) is 42.8 Å². The minimum absolute atomic E-state index is 0.100. The molecule has 4 N–H and O–H groups in total. The molecule has 3 aliphatic carbocycles. The summed E-state index contributed by atoms with van der Waals surface area (Å²) in [5.74, 6) is -5.32. The van der Waals surface area contributed by atoms with Gasteiger partial charge in [-0.3, -0.25) is 19.2 Å². The van der Waals surface area contributed by atoms with E-state index in [2.05, 4.69) is 5.32 Å². The van der Waals surface area contributed by atoms with Gasteiger partial charge in [0.25, 0.3) is 5.91 Å². The Morgan fingerprint density at radius 3 is 2.07 bits per heavy atom. The monoisotopic (exact) mass is 839 g/mol. The Bertz CT molecular complexity index is 2190. The number of esters is 3. The predicted octanol–water partition coefficient (Wildman–Crippen LogP) is 4.10. The van der Waals surface area contributed by atoms with Crippen molar-refractivity contribution in [2.24, 2.45) is 16.7 Å². The number of ether oxygens (including phenoxy) is 5. The lowest BCUT2D eigenvalue weighted by molar-refractivity contribution is -0.351. The van der Waals surface area contributed by atoms with E-state index < -0.39 is 100 Å². The lowest BCUT2D eigenvalue weighted by atomic mass is 9.44. The molecule has 14 heteroatoms. The number of carbonyl (C=O) groups excluding carboxylic acids is 5. The van der Waals surface area contributed by atoms with Gasteiger partial charge in [-0.15, -0.1) is 0 Å². The second kappa shape index (κ2) is 16.6. The van der Waals surface area contributed by atoms with Crippen LogP contribution in [0.25, 0.3) is 0 Å². The van der Waals surface area contributed by atoms with Gasteiger partial charge < -0.3 is 44.3 Å². The molecular weight excluding hydrogens is 787 g/mol. The number of amides is 1. The minimum atomic E-state index is -2.15. The van der Waals surface area contributed by atoms with E-state index in [0.29, 0.717) is 11.1 Å². The van der Waals surface area contributed by atoms with Crippen LogP contribution < -0.4 is 5.32 Å². The Morgan fingerprint density at radius 1 is 0.885 bits per heavy atom. The Kier molecular flexibility index (Phi) is 11.9. The first-order valence-corrected chi connectivity index (χ1v) is 20.5. The largest absolute Gasteiger partial charge is 0.456 e. The van der Waals surface area contributed by atoms with Crippen LogP contribution in [0, 0.1) is 16.7 Å². The van der Waals surface area contributed by atoms with Gasteiger partial charge in [-0.25, -0.2) is 4.79 Å². The second-order valence-corrected chi connectivity index (χ2v) is 17.4. The average Bonchev–Trinajstić information content (AvgIpc) is 3.22. The first-order chi connectivity index (χ1) is 28.9. The van der Waals surface area contributed by atoms with Crippen LogP contribution in [-0.4, -0.2) is 99.4 Å². The fourth-order valence-corrected chi connectivity index (χ4v) is 10.3. The smallest absolute Gasteiger partial charge is 0.338 e. The number of hydrogen-bond acceptors (Lipinski definition) is 13. The molecule has 5 unspecified atom stereocenters. The quantitative estimate of drug-likeness (QED) is 0.122. The molecule has 0 radical (unpaired) electrons. The molecule has 3 aromatic carbocycles. The van der Waals surface area contributed by atoms with Crippen molar-refractivity contribution in [3.8, 4) is 0 Å². The van der Waals surface area contributed by atoms with Crippen LogP contribution in [-0.2, 0) is 49.5 Å².